The summed E-state index contributed by atoms with van der Waals surface area (Å²) in [5, 5.41) is 3.42. The van der Waals surface area contributed by atoms with Gasteiger partial charge in [-0.3, -0.25) is 0 Å². The number of hydrogen-bond donors (Lipinski definition) is 2. The van der Waals surface area contributed by atoms with Crippen molar-refractivity contribution in [1.82, 2.24) is 4.90 Å². The van der Waals surface area contributed by atoms with Gasteiger partial charge in [-0.15, -0.1) is 5.10 Å². The van der Waals surface area contributed by atoms with Crippen molar-refractivity contribution in [2.75, 3.05) is 7.05 Å². The van der Waals surface area contributed by atoms with Crippen LogP contribution in [0.4, 0.5) is 0 Å². The zero-order valence-electron chi connectivity index (χ0n) is 7.94. The number of hydrazone groups is 1. The van der Waals surface area contributed by atoms with E-state index in [1.54, 1.807) is 4.90 Å². The Labute approximate surface area is 91.7 Å². The van der Waals surface area contributed by atoms with E-state index in [0.717, 1.165) is 10.0 Å². The molecule has 5 heteroatoms. The van der Waals surface area contributed by atoms with Crippen molar-refractivity contribution >= 4 is 21.9 Å². The number of benzene rings is 1. The van der Waals surface area contributed by atoms with Gasteiger partial charge in [0.2, 0.25) is 5.96 Å². The van der Waals surface area contributed by atoms with E-state index in [1.165, 1.54) is 0 Å². The first-order chi connectivity index (χ1) is 6.63. The van der Waals surface area contributed by atoms with Gasteiger partial charge in [-0.25, -0.2) is 0 Å². The van der Waals surface area contributed by atoms with Crippen molar-refractivity contribution in [3.05, 3.63) is 34.3 Å². The highest BCUT2D eigenvalue weighted by Gasteiger charge is 2.02. The topological polar surface area (TPSA) is 67.6 Å². The van der Waals surface area contributed by atoms with Gasteiger partial charge in [0.1, 0.15) is 0 Å². The summed E-state index contributed by atoms with van der Waals surface area (Å²) in [6.45, 7) is 0.686. The van der Waals surface area contributed by atoms with Crippen molar-refractivity contribution in [3.63, 3.8) is 0 Å². The van der Waals surface area contributed by atoms with Gasteiger partial charge >= 0.3 is 0 Å². The van der Waals surface area contributed by atoms with Crippen molar-refractivity contribution in [2.45, 2.75) is 6.54 Å². The second-order valence-electron chi connectivity index (χ2n) is 2.97. The number of nitrogens with two attached hydrogens (primary N) is 2. The van der Waals surface area contributed by atoms with Gasteiger partial charge in [-0.1, -0.05) is 28.1 Å². The molecule has 0 radical (unpaired) electrons. The lowest BCUT2D eigenvalue weighted by molar-refractivity contribution is 0.492. The molecule has 4 N–H and O–H groups in total. The second-order valence-corrected chi connectivity index (χ2v) is 3.89. The van der Waals surface area contributed by atoms with Crippen molar-refractivity contribution in [2.24, 2.45) is 16.7 Å². The third-order valence-corrected chi connectivity index (χ3v) is 2.33. The summed E-state index contributed by atoms with van der Waals surface area (Å²) in [7, 11) is 1.84. The maximum Gasteiger partial charge on any atom is 0.213 e. The first-order valence-electron chi connectivity index (χ1n) is 4.12. The molecule has 1 aromatic carbocycles. The monoisotopic (exact) mass is 256 g/mol. The lowest BCUT2D eigenvalue weighted by Crippen LogP contribution is -2.34. The van der Waals surface area contributed by atoms with E-state index < -0.39 is 0 Å². The fourth-order valence-corrected chi connectivity index (χ4v) is 1.54. The van der Waals surface area contributed by atoms with Gasteiger partial charge in [0.25, 0.3) is 0 Å². The zero-order valence-corrected chi connectivity index (χ0v) is 9.53. The van der Waals surface area contributed by atoms with E-state index in [4.69, 9.17) is 11.6 Å². The standard InChI is InChI=1S/C9H13BrN4/c1-14(9(11)13-12)6-7-3-2-4-8(10)5-7/h2-5H,6,12H2,1H3,(H2,11,13). The van der Waals surface area contributed by atoms with Crippen LogP contribution in [0.5, 0.6) is 0 Å². The molecule has 0 fully saturated rings. The van der Waals surface area contributed by atoms with Crippen LogP contribution in [0.2, 0.25) is 0 Å². The second kappa shape index (κ2) is 4.85. The molecule has 0 spiro atoms. The highest BCUT2D eigenvalue weighted by molar-refractivity contribution is 9.10. The summed E-state index contributed by atoms with van der Waals surface area (Å²) >= 11 is 3.40. The number of nitrogens with zero attached hydrogens (tertiary/aromatic N) is 2. The van der Waals surface area contributed by atoms with Crippen molar-refractivity contribution < 1.29 is 0 Å². The Balaban J connectivity index is 2.69. The predicted octanol–water partition coefficient (Wildman–Crippen LogP) is 1.07. The van der Waals surface area contributed by atoms with E-state index in [2.05, 4.69) is 21.0 Å². The molecule has 0 aromatic heterocycles. The lowest BCUT2D eigenvalue weighted by Gasteiger charge is -2.17. The SMILES string of the molecule is CN(Cc1cccc(Br)c1)C(N)=NN. The number of halogens is 1. The molecule has 4 nitrogen and oxygen atoms in total. The molecule has 0 saturated heterocycles. The molecular weight excluding hydrogens is 244 g/mol. The molecule has 0 atom stereocenters. The highest BCUT2D eigenvalue weighted by atomic mass is 79.9. The molecule has 14 heavy (non-hydrogen) atoms. The minimum Gasteiger partial charge on any atom is -0.368 e. The molecule has 0 aliphatic carbocycles. The Hall–Kier alpha value is -1.23. The van der Waals surface area contributed by atoms with Crippen LogP contribution in [0.1, 0.15) is 5.56 Å². The molecule has 1 rings (SSSR count). The van der Waals surface area contributed by atoms with Crippen LogP contribution >= 0.6 is 15.9 Å². The molecule has 1 aromatic rings. The van der Waals surface area contributed by atoms with Gasteiger partial charge in [0, 0.05) is 18.1 Å². The lowest BCUT2D eigenvalue weighted by atomic mass is 10.2. The van der Waals surface area contributed by atoms with Crippen LogP contribution in [-0.2, 0) is 6.54 Å². The van der Waals surface area contributed by atoms with Crippen LogP contribution < -0.4 is 11.6 Å². The van der Waals surface area contributed by atoms with E-state index in [0.29, 0.717) is 12.5 Å². The summed E-state index contributed by atoms with van der Waals surface area (Å²) in [4.78, 5) is 1.78. The minimum atomic E-state index is 0.324. The van der Waals surface area contributed by atoms with Gasteiger partial charge in [0.15, 0.2) is 0 Å². The maximum atomic E-state index is 5.54. The van der Waals surface area contributed by atoms with Gasteiger partial charge in [-0.05, 0) is 17.7 Å². The Bertz CT molecular complexity index is 337. The molecule has 0 unspecified atom stereocenters. The van der Waals surface area contributed by atoms with Gasteiger partial charge in [-0.2, -0.15) is 0 Å². The number of rotatable bonds is 2. The van der Waals surface area contributed by atoms with E-state index in [9.17, 15) is 0 Å². The van der Waals surface area contributed by atoms with Gasteiger partial charge < -0.3 is 16.5 Å². The quantitative estimate of drug-likeness (QED) is 0.360. The predicted molar refractivity (Wildman–Crippen MR) is 61.4 cm³/mol. The molecular formula is C9H13BrN4. The zero-order chi connectivity index (χ0) is 10.6. The summed E-state index contributed by atoms with van der Waals surface area (Å²) in [6.07, 6.45) is 0. The summed E-state index contributed by atoms with van der Waals surface area (Å²) < 4.78 is 1.05. The average Bonchev–Trinajstić information content (AvgIpc) is 2.16. The Morgan fingerprint density at radius 1 is 1.57 bits per heavy atom. The molecule has 0 amide bonds. The summed E-state index contributed by atoms with van der Waals surface area (Å²) in [5.74, 6) is 5.39. The van der Waals surface area contributed by atoms with Crippen molar-refractivity contribution in [1.29, 1.82) is 0 Å². The third kappa shape index (κ3) is 2.92. The summed E-state index contributed by atoms with van der Waals surface area (Å²) in [6, 6.07) is 8.00. The van der Waals surface area contributed by atoms with Crippen molar-refractivity contribution in [3.8, 4) is 0 Å². The van der Waals surface area contributed by atoms with Crippen LogP contribution in [-0.4, -0.2) is 17.9 Å². The smallest absolute Gasteiger partial charge is 0.213 e. The van der Waals surface area contributed by atoms with Crippen LogP contribution in [0, 0.1) is 0 Å². The molecule has 76 valence electrons. The number of hydrogen-bond acceptors (Lipinski definition) is 2. The Morgan fingerprint density at radius 3 is 2.86 bits per heavy atom. The molecule has 0 aliphatic rings. The van der Waals surface area contributed by atoms with Crippen LogP contribution in [0.3, 0.4) is 0 Å². The van der Waals surface area contributed by atoms with E-state index in [1.807, 2.05) is 31.3 Å². The fraction of sp³-hybridized carbons (Fsp3) is 0.222. The van der Waals surface area contributed by atoms with Crippen LogP contribution in [0.15, 0.2) is 33.8 Å². The fourth-order valence-electron chi connectivity index (χ4n) is 1.09. The first-order valence-corrected chi connectivity index (χ1v) is 4.91. The van der Waals surface area contributed by atoms with E-state index >= 15 is 0 Å². The Kier molecular flexibility index (Phi) is 3.76. The minimum absolute atomic E-state index is 0.324. The largest absolute Gasteiger partial charge is 0.368 e. The third-order valence-electron chi connectivity index (χ3n) is 1.83. The molecule has 0 saturated carbocycles. The maximum absolute atomic E-state index is 5.54. The summed E-state index contributed by atoms with van der Waals surface area (Å²) in [5.41, 5.74) is 6.69. The highest BCUT2D eigenvalue weighted by Crippen LogP contribution is 2.12. The first kappa shape index (κ1) is 10.8. The molecule has 0 bridgehead atoms. The Morgan fingerprint density at radius 2 is 2.29 bits per heavy atom. The van der Waals surface area contributed by atoms with Gasteiger partial charge in [0.05, 0.1) is 0 Å². The molecule has 0 aliphatic heterocycles. The molecule has 0 heterocycles. The van der Waals surface area contributed by atoms with Crippen LogP contribution in [0.25, 0.3) is 0 Å². The van der Waals surface area contributed by atoms with E-state index in [-0.39, 0.29) is 0 Å². The number of guanidine groups is 1. The average molecular weight is 257 g/mol. The normalized spacial score (nSPS) is 11.4.